The average molecular weight is 256 g/mol. The molecule has 1 heterocycles. The van der Waals surface area contributed by atoms with E-state index in [1.54, 1.807) is 24.0 Å². The van der Waals surface area contributed by atoms with Crippen LogP contribution in [0.4, 0.5) is 0 Å². The topological polar surface area (TPSA) is 53.4 Å². The number of hydrogen-bond acceptors (Lipinski definition) is 4. The Morgan fingerprint density at radius 2 is 2.29 bits per heavy atom. The number of esters is 1. The van der Waals surface area contributed by atoms with E-state index in [1.165, 1.54) is 6.04 Å². The van der Waals surface area contributed by atoms with Gasteiger partial charge in [-0.25, -0.2) is 9.78 Å². The van der Waals surface area contributed by atoms with Crippen LogP contribution in [0, 0.1) is 0 Å². The molecule has 96 valence electrons. The third kappa shape index (κ3) is 5.14. The van der Waals surface area contributed by atoms with Gasteiger partial charge in [-0.1, -0.05) is 13.1 Å². The molecule has 0 aliphatic rings. The Kier molecular flexibility index (Phi) is 5.92. The lowest BCUT2D eigenvalue weighted by molar-refractivity contribution is 0.0519. The van der Waals surface area contributed by atoms with Crippen LogP contribution >= 0.6 is 0 Å². The first kappa shape index (κ1) is 13.9. The second-order valence-electron chi connectivity index (χ2n) is 4.21. The van der Waals surface area contributed by atoms with E-state index >= 15 is 0 Å². The lowest BCUT2D eigenvalue weighted by Gasteiger charge is -2.05. The van der Waals surface area contributed by atoms with Gasteiger partial charge in [-0.05, 0) is 13.0 Å². The zero-order valence-electron chi connectivity index (χ0n) is 10.7. The van der Waals surface area contributed by atoms with Crippen molar-refractivity contribution in [2.24, 2.45) is 0 Å². The normalized spacial score (nSPS) is 10.8. The fourth-order valence-electron chi connectivity index (χ4n) is 1.23. The van der Waals surface area contributed by atoms with Crippen LogP contribution in [0.15, 0.2) is 12.5 Å². The number of rotatable bonds is 7. The minimum Gasteiger partial charge on any atom is -0.461 e. The monoisotopic (exact) mass is 256 g/mol. The summed E-state index contributed by atoms with van der Waals surface area (Å²) >= 11 is 0. The number of hydrogen-bond donors (Lipinski definition) is 0. The van der Waals surface area contributed by atoms with Crippen molar-refractivity contribution < 1.29 is 14.3 Å². The summed E-state index contributed by atoms with van der Waals surface area (Å²) in [5.74, 6) is -0.388. The first-order valence-electron chi connectivity index (χ1n) is 5.90. The third-order valence-electron chi connectivity index (χ3n) is 2.20. The van der Waals surface area contributed by atoms with Crippen molar-refractivity contribution >= 4 is 14.8 Å². The van der Waals surface area contributed by atoms with Crippen molar-refractivity contribution in [2.45, 2.75) is 32.8 Å². The van der Waals surface area contributed by atoms with Gasteiger partial charge in [0.15, 0.2) is 5.69 Å². The van der Waals surface area contributed by atoms with Gasteiger partial charge in [0.2, 0.25) is 0 Å². The van der Waals surface area contributed by atoms with Gasteiger partial charge >= 0.3 is 5.97 Å². The zero-order valence-corrected chi connectivity index (χ0v) is 11.8. The van der Waals surface area contributed by atoms with Gasteiger partial charge in [-0.2, -0.15) is 0 Å². The smallest absolute Gasteiger partial charge is 0.358 e. The Labute approximate surface area is 103 Å². The number of aromatic nitrogens is 2. The molecule has 0 aliphatic carbocycles. The largest absolute Gasteiger partial charge is 0.461 e. The first-order chi connectivity index (χ1) is 8.13. The molecule has 0 fully saturated rings. The number of nitrogens with zero attached hydrogens (tertiary/aromatic N) is 2. The number of carbonyl (C=O) groups excluding carboxylic acids is 1. The molecule has 1 aromatic rings. The maximum absolute atomic E-state index is 11.3. The quantitative estimate of drug-likeness (QED) is 0.422. The van der Waals surface area contributed by atoms with Crippen LogP contribution in [0.2, 0.25) is 19.1 Å². The van der Waals surface area contributed by atoms with E-state index in [2.05, 4.69) is 18.1 Å². The summed E-state index contributed by atoms with van der Waals surface area (Å²) in [6.45, 7) is 7.93. The van der Waals surface area contributed by atoms with Gasteiger partial charge < -0.3 is 14.0 Å². The maximum Gasteiger partial charge on any atom is 0.358 e. The SMILES string of the molecule is CCOC(=O)c1cn(COCC[SiH](C)C)cn1. The Bertz CT molecular complexity index is 352. The molecular formula is C11H20N2O3Si. The molecule has 5 nitrogen and oxygen atoms in total. The Morgan fingerprint density at radius 1 is 1.53 bits per heavy atom. The number of ether oxygens (including phenoxy) is 2. The van der Waals surface area contributed by atoms with Gasteiger partial charge in [0.1, 0.15) is 6.73 Å². The molecule has 0 bridgehead atoms. The highest BCUT2D eigenvalue weighted by molar-refractivity contribution is 6.55. The summed E-state index contributed by atoms with van der Waals surface area (Å²) in [5, 5.41) is 0. The van der Waals surface area contributed by atoms with Crippen molar-refractivity contribution in [3.63, 3.8) is 0 Å². The molecule has 0 spiro atoms. The highest BCUT2D eigenvalue weighted by atomic mass is 28.3. The Hall–Kier alpha value is -1.14. The molecule has 1 aromatic heterocycles. The first-order valence-corrected chi connectivity index (χ1v) is 9.02. The molecule has 6 heteroatoms. The highest BCUT2D eigenvalue weighted by Crippen LogP contribution is 2.00. The molecule has 17 heavy (non-hydrogen) atoms. The van der Waals surface area contributed by atoms with Crippen molar-refractivity contribution in [3.05, 3.63) is 18.2 Å². The van der Waals surface area contributed by atoms with Crippen molar-refractivity contribution in [2.75, 3.05) is 13.2 Å². The van der Waals surface area contributed by atoms with E-state index in [-0.39, 0.29) is 5.97 Å². The third-order valence-corrected chi connectivity index (χ3v) is 3.59. The molecular weight excluding hydrogens is 236 g/mol. The molecule has 0 unspecified atom stereocenters. The summed E-state index contributed by atoms with van der Waals surface area (Å²) in [5.41, 5.74) is 0.327. The summed E-state index contributed by atoms with van der Waals surface area (Å²) in [4.78, 5) is 15.3. The van der Waals surface area contributed by atoms with Gasteiger partial charge in [0.05, 0.1) is 12.9 Å². The summed E-state index contributed by atoms with van der Waals surface area (Å²) in [7, 11) is -0.540. The van der Waals surface area contributed by atoms with Crippen molar-refractivity contribution in [1.29, 1.82) is 0 Å². The van der Waals surface area contributed by atoms with Gasteiger partial charge in [-0.3, -0.25) is 0 Å². The van der Waals surface area contributed by atoms with E-state index in [9.17, 15) is 4.79 Å². The number of imidazole rings is 1. The lowest BCUT2D eigenvalue weighted by atomic mass is 10.5. The van der Waals surface area contributed by atoms with Gasteiger partial charge in [0.25, 0.3) is 0 Å². The molecule has 0 atom stereocenters. The van der Waals surface area contributed by atoms with Crippen LogP contribution in [0.5, 0.6) is 0 Å². The van der Waals surface area contributed by atoms with Crippen LogP contribution in [0.3, 0.4) is 0 Å². The molecule has 0 N–H and O–H groups in total. The molecule has 0 radical (unpaired) electrons. The van der Waals surface area contributed by atoms with E-state index in [1.807, 2.05) is 0 Å². The fraction of sp³-hybridized carbons (Fsp3) is 0.636. The Morgan fingerprint density at radius 3 is 2.94 bits per heavy atom. The summed E-state index contributed by atoms with van der Waals surface area (Å²) < 4.78 is 12.1. The average Bonchev–Trinajstić information content (AvgIpc) is 2.73. The molecule has 0 amide bonds. The second-order valence-corrected chi connectivity index (χ2v) is 7.58. The zero-order chi connectivity index (χ0) is 12.7. The summed E-state index contributed by atoms with van der Waals surface area (Å²) in [6.07, 6.45) is 3.23. The van der Waals surface area contributed by atoms with Crippen LogP contribution in [-0.2, 0) is 16.2 Å². The lowest BCUT2D eigenvalue weighted by Crippen LogP contribution is -2.08. The molecule has 1 rings (SSSR count). The minimum absolute atomic E-state index is 0.327. The van der Waals surface area contributed by atoms with E-state index in [4.69, 9.17) is 9.47 Å². The minimum atomic E-state index is -0.540. The molecule has 0 saturated carbocycles. The molecule has 0 aliphatic heterocycles. The van der Waals surface area contributed by atoms with Crippen LogP contribution in [0.25, 0.3) is 0 Å². The standard InChI is InChI=1S/C11H20N2O3Si/c1-4-16-11(14)10-7-13(8-12-10)9-15-5-6-17(2)3/h7-8,17H,4-6,9H2,1-3H3. The van der Waals surface area contributed by atoms with Crippen molar-refractivity contribution in [3.8, 4) is 0 Å². The summed E-state index contributed by atoms with van der Waals surface area (Å²) in [6, 6.07) is 1.17. The molecule has 0 aromatic carbocycles. The van der Waals surface area contributed by atoms with E-state index in [0.29, 0.717) is 19.0 Å². The maximum atomic E-state index is 11.3. The Balaban J connectivity index is 2.33. The van der Waals surface area contributed by atoms with Crippen LogP contribution in [0.1, 0.15) is 17.4 Å². The highest BCUT2D eigenvalue weighted by Gasteiger charge is 2.09. The van der Waals surface area contributed by atoms with Gasteiger partial charge in [-0.15, -0.1) is 0 Å². The number of carbonyl (C=O) groups is 1. The van der Waals surface area contributed by atoms with Crippen LogP contribution < -0.4 is 0 Å². The molecule has 0 saturated heterocycles. The predicted molar refractivity (Wildman–Crippen MR) is 67.8 cm³/mol. The van der Waals surface area contributed by atoms with Gasteiger partial charge in [0, 0.05) is 21.6 Å². The second kappa shape index (κ2) is 7.23. The van der Waals surface area contributed by atoms with Crippen LogP contribution in [-0.4, -0.2) is 37.5 Å². The predicted octanol–water partition coefficient (Wildman–Crippen LogP) is 1.52. The fourth-order valence-corrected chi connectivity index (χ4v) is 1.87. The van der Waals surface area contributed by atoms with Crippen molar-refractivity contribution in [1.82, 2.24) is 9.55 Å². The van der Waals surface area contributed by atoms with E-state index < -0.39 is 8.80 Å². The van der Waals surface area contributed by atoms with E-state index in [0.717, 1.165) is 6.61 Å².